The Labute approximate surface area is 180 Å². The van der Waals surface area contributed by atoms with E-state index < -0.39 is 0 Å². The molecule has 4 rings (SSSR count). The molecule has 152 valence electrons. The number of nitrogens with one attached hydrogen (secondary N) is 2. The summed E-state index contributed by atoms with van der Waals surface area (Å²) >= 11 is 5.95. The Kier molecular flexibility index (Phi) is 5.72. The highest BCUT2D eigenvalue weighted by molar-refractivity contribution is 6.30. The van der Waals surface area contributed by atoms with Crippen LogP contribution in [0.4, 0.5) is 16.2 Å². The van der Waals surface area contributed by atoms with Crippen molar-refractivity contribution in [2.75, 3.05) is 10.2 Å². The number of rotatable bonds is 4. The maximum atomic E-state index is 13.1. The number of benzene rings is 3. The predicted molar refractivity (Wildman–Crippen MR) is 120 cm³/mol. The highest BCUT2D eigenvalue weighted by Gasteiger charge is 2.31. The van der Waals surface area contributed by atoms with Gasteiger partial charge in [0.1, 0.15) is 0 Å². The molecule has 5 nitrogen and oxygen atoms in total. The standard InChI is InChI=1S/C24H22ClN3O2/c1-16-12-19-11-10-17(15-26-24(30)27-21-9-5-8-20(25)14-21)13-22(19)28(16)23(29)18-6-3-2-4-7-18/h2-11,13-14,16H,12,15H2,1H3,(H2,26,27,30)/t16-/m1/s1. The Morgan fingerprint density at radius 1 is 1.03 bits per heavy atom. The fraction of sp³-hybridized carbons (Fsp3) is 0.167. The van der Waals surface area contributed by atoms with Gasteiger partial charge in [-0.25, -0.2) is 4.79 Å². The van der Waals surface area contributed by atoms with E-state index in [1.807, 2.05) is 53.4 Å². The van der Waals surface area contributed by atoms with Crippen LogP contribution in [0.2, 0.25) is 5.02 Å². The second-order valence-electron chi connectivity index (χ2n) is 7.38. The van der Waals surface area contributed by atoms with Crippen molar-refractivity contribution in [2.24, 2.45) is 0 Å². The van der Waals surface area contributed by atoms with Crippen molar-refractivity contribution in [3.63, 3.8) is 0 Å². The summed E-state index contributed by atoms with van der Waals surface area (Å²) in [6.45, 7) is 2.40. The summed E-state index contributed by atoms with van der Waals surface area (Å²) < 4.78 is 0. The molecular formula is C24H22ClN3O2. The minimum atomic E-state index is -0.316. The van der Waals surface area contributed by atoms with Crippen LogP contribution in [-0.4, -0.2) is 18.0 Å². The van der Waals surface area contributed by atoms with Gasteiger partial charge < -0.3 is 15.5 Å². The smallest absolute Gasteiger partial charge is 0.319 e. The molecule has 0 unspecified atom stereocenters. The third kappa shape index (κ3) is 4.31. The molecule has 0 saturated carbocycles. The Hall–Kier alpha value is -3.31. The van der Waals surface area contributed by atoms with Gasteiger partial charge in [0.05, 0.1) is 0 Å². The van der Waals surface area contributed by atoms with Gasteiger partial charge in [0.25, 0.3) is 5.91 Å². The lowest BCUT2D eigenvalue weighted by Gasteiger charge is -2.23. The lowest BCUT2D eigenvalue weighted by Crippen LogP contribution is -2.35. The summed E-state index contributed by atoms with van der Waals surface area (Å²) in [7, 11) is 0. The number of amides is 3. The molecule has 0 radical (unpaired) electrons. The molecule has 0 saturated heterocycles. The van der Waals surface area contributed by atoms with Gasteiger partial charge in [-0.1, -0.05) is 48.0 Å². The molecule has 30 heavy (non-hydrogen) atoms. The van der Waals surface area contributed by atoms with E-state index in [0.29, 0.717) is 22.8 Å². The van der Waals surface area contributed by atoms with Crippen molar-refractivity contribution in [2.45, 2.75) is 25.9 Å². The van der Waals surface area contributed by atoms with Gasteiger partial charge >= 0.3 is 6.03 Å². The van der Waals surface area contributed by atoms with E-state index in [-0.39, 0.29) is 18.0 Å². The number of hydrogen-bond acceptors (Lipinski definition) is 2. The largest absolute Gasteiger partial charge is 0.334 e. The van der Waals surface area contributed by atoms with Crippen molar-refractivity contribution < 1.29 is 9.59 Å². The maximum absolute atomic E-state index is 13.1. The van der Waals surface area contributed by atoms with Crippen LogP contribution in [0.5, 0.6) is 0 Å². The highest BCUT2D eigenvalue weighted by Crippen LogP contribution is 2.34. The summed E-state index contributed by atoms with van der Waals surface area (Å²) in [5, 5.41) is 6.17. The van der Waals surface area contributed by atoms with Crippen molar-refractivity contribution in [1.82, 2.24) is 5.32 Å². The van der Waals surface area contributed by atoms with E-state index in [1.165, 1.54) is 0 Å². The zero-order chi connectivity index (χ0) is 21.1. The number of carbonyl (C=O) groups excluding carboxylic acids is 2. The maximum Gasteiger partial charge on any atom is 0.319 e. The molecule has 3 amide bonds. The van der Waals surface area contributed by atoms with Crippen molar-refractivity contribution in [3.05, 3.63) is 94.5 Å². The van der Waals surface area contributed by atoms with Gasteiger partial charge in [-0.3, -0.25) is 4.79 Å². The van der Waals surface area contributed by atoms with Gasteiger partial charge in [0.2, 0.25) is 0 Å². The Morgan fingerprint density at radius 2 is 1.83 bits per heavy atom. The first kappa shape index (κ1) is 20.0. The Bertz CT molecular complexity index is 1080. The molecule has 0 aromatic heterocycles. The third-order valence-electron chi connectivity index (χ3n) is 5.14. The fourth-order valence-corrected chi connectivity index (χ4v) is 3.91. The van der Waals surface area contributed by atoms with Crippen molar-refractivity contribution >= 4 is 34.9 Å². The zero-order valence-corrected chi connectivity index (χ0v) is 17.3. The van der Waals surface area contributed by atoms with Gasteiger partial charge in [0, 0.05) is 34.5 Å². The second kappa shape index (κ2) is 8.59. The lowest BCUT2D eigenvalue weighted by atomic mass is 10.1. The van der Waals surface area contributed by atoms with E-state index in [0.717, 1.165) is 23.2 Å². The molecule has 0 aliphatic carbocycles. The van der Waals surface area contributed by atoms with Crippen LogP contribution >= 0.6 is 11.6 Å². The lowest BCUT2D eigenvalue weighted by molar-refractivity contribution is 0.0981. The van der Waals surface area contributed by atoms with Gasteiger partial charge in [0.15, 0.2) is 0 Å². The summed E-state index contributed by atoms with van der Waals surface area (Å²) in [6, 6.07) is 22.1. The number of nitrogens with zero attached hydrogens (tertiary/aromatic N) is 1. The quantitative estimate of drug-likeness (QED) is 0.606. The molecule has 1 atom stereocenters. The van der Waals surface area contributed by atoms with E-state index in [4.69, 9.17) is 11.6 Å². The summed E-state index contributed by atoms with van der Waals surface area (Å²) in [4.78, 5) is 27.1. The number of hydrogen-bond donors (Lipinski definition) is 2. The van der Waals surface area contributed by atoms with E-state index in [9.17, 15) is 9.59 Å². The molecule has 3 aromatic rings. The Balaban J connectivity index is 1.46. The Morgan fingerprint density at radius 3 is 2.60 bits per heavy atom. The van der Waals surface area contributed by atoms with E-state index >= 15 is 0 Å². The summed E-state index contributed by atoms with van der Waals surface area (Å²) in [6.07, 6.45) is 0.816. The fourth-order valence-electron chi connectivity index (χ4n) is 3.72. The first-order chi connectivity index (χ1) is 14.5. The van der Waals surface area contributed by atoms with Crippen LogP contribution in [0, 0.1) is 0 Å². The van der Waals surface area contributed by atoms with Crippen molar-refractivity contribution in [3.8, 4) is 0 Å². The first-order valence-electron chi connectivity index (χ1n) is 9.82. The molecule has 0 fully saturated rings. The zero-order valence-electron chi connectivity index (χ0n) is 16.6. The van der Waals surface area contributed by atoms with Crippen LogP contribution in [0.1, 0.15) is 28.4 Å². The molecular weight excluding hydrogens is 398 g/mol. The van der Waals surface area contributed by atoms with Crippen LogP contribution in [0.25, 0.3) is 0 Å². The normalized spacial score (nSPS) is 14.9. The first-order valence-corrected chi connectivity index (χ1v) is 10.2. The van der Waals surface area contributed by atoms with Gasteiger partial charge in [-0.05, 0) is 60.9 Å². The number of urea groups is 1. The van der Waals surface area contributed by atoms with Crippen LogP contribution < -0.4 is 15.5 Å². The topological polar surface area (TPSA) is 61.4 Å². The number of fused-ring (bicyclic) bond motifs is 1. The monoisotopic (exact) mass is 419 g/mol. The minimum Gasteiger partial charge on any atom is -0.334 e. The third-order valence-corrected chi connectivity index (χ3v) is 5.38. The minimum absolute atomic E-state index is 0.00865. The van der Waals surface area contributed by atoms with Gasteiger partial charge in [-0.2, -0.15) is 0 Å². The van der Waals surface area contributed by atoms with Crippen LogP contribution in [0.3, 0.4) is 0 Å². The predicted octanol–water partition coefficient (Wildman–Crippen LogP) is 5.25. The second-order valence-corrected chi connectivity index (χ2v) is 7.81. The van der Waals surface area contributed by atoms with Crippen LogP contribution in [0.15, 0.2) is 72.8 Å². The van der Waals surface area contributed by atoms with E-state index in [2.05, 4.69) is 17.6 Å². The summed E-state index contributed by atoms with van der Waals surface area (Å²) in [5.41, 5.74) is 4.27. The average Bonchev–Trinajstić information content (AvgIpc) is 3.07. The highest BCUT2D eigenvalue weighted by atomic mass is 35.5. The van der Waals surface area contributed by atoms with Gasteiger partial charge in [-0.15, -0.1) is 0 Å². The molecule has 1 heterocycles. The number of halogens is 1. The molecule has 1 aliphatic rings. The molecule has 0 spiro atoms. The van der Waals surface area contributed by atoms with Crippen LogP contribution in [-0.2, 0) is 13.0 Å². The number of anilines is 2. The van der Waals surface area contributed by atoms with E-state index in [1.54, 1.807) is 24.3 Å². The molecule has 1 aliphatic heterocycles. The SMILES string of the molecule is C[C@@H]1Cc2ccc(CNC(=O)Nc3cccc(Cl)c3)cc2N1C(=O)c1ccccc1. The molecule has 6 heteroatoms. The number of carbonyl (C=O) groups is 2. The molecule has 3 aromatic carbocycles. The van der Waals surface area contributed by atoms with Crippen molar-refractivity contribution in [1.29, 1.82) is 0 Å². The molecule has 2 N–H and O–H groups in total. The average molecular weight is 420 g/mol. The summed E-state index contributed by atoms with van der Waals surface area (Å²) in [5.74, 6) is -0.00865. The molecule has 0 bridgehead atoms.